The highest BCUT2D eigenvalue weighted by Crippen LogP contribution is 2.37. The number of hydrogen-bond acceptors (Lipinski definition) is 3. The Balaban J connectivity index is 1.56. The van der Waals surface area contributed by atoms with Crippen molar-refractivity contribution in [2.24, 2.45) is 11.8 Å². The molecule has 122 valence electrons. The monoisotopic (exact) mass is 314 g/mol. The van der Waals surface area contributed by atoms with Crippen LogP contribution in [0.25, 0.3) is 0 Å². The Morgan fingerprint density at radius 1 is 1.09 bits per heavy atom. The van der Waals surface area contributed by atoms with Crippen LogP contribution in [0.3, 0.4) is 0 Å². The lowest BCUT2D eigenvalue weighted by Gasteiger charge is -2.19. The van der Waals surface area contributed by atoms with Gasteiger partial charge in [-0.25, -0.2) is 0 Å². The van der Waals surface area contributed by atoms with Crippen LogP contribution in [0, 0.1) is 18.8 Å². The van der Waals surface area contributed by atoms with Gasteiger partial charge in [0.2, 0.25) is 17.7 Å². The number of carbonyl (C=O) groups excluding carboxylic acids is 3. The van der Waals surface area contributed by atoms with Gasteiger partial charge in [0.25, 0.3) is 0 Å². The van der Waals surface area contributed by atoms with Gasteiger partial charge >= 0.3 is 0 Å². The van der Waals surface area contributed by atoms with Crippen LogP contribution in [0.15, 0.2) is 24.3 Å². The number of aryl methyl sites for hydroxylation is 1. The predicted octanol–water partition coefficient (Wildman–Crippen LogP) is 1.79. The lowest BCUT2D eigenvalue weighted by molar-refractivity contribution is -0.143. The van der Waals surface area contributed by atoms with Crippen LogP contribution in [-0.2, 0) is 20.9 Å². The number of carbonyl (C=O) groups is 3. The average molecular weight is 314 g/mol. The van der Waals surface area contributed by atoms with Crippen molar-refractivity contribution in [1.29, 1.82) is 0 Å². The van der Waals surface area contributed by atoms with Crippen LogP contribution in [0.5, 0.6) is 0 Å². The van der Waals surface area contributed by atoms with Crippen molar-refractivity contribution in [3.63, 3.8) is 0 Å². The molecular formula is C18H22N2O3. The van der Waals surface area contributed by atoms with Gasteiger partial charge in [0.15, 0.2) is 0 Å². The van der Waals surface area contributed by atoms with E-state index in [4.69, 9.17) is 0 Å². The number of amides is 3. The third-order valence-corrected chi connectivity index (χ3v) is 4.84. The van der Waals surface area contributed by atoms with E-state index in [0.717, 1.165) is 41.7 Å². The molecule has 5 nitrogen and oxygen atoms in total. The first-order valence-corrected chi connectivity index (χ1v) is 8.24. The summed E-state index contributed by atoms with van der Waals surface area (Å²) in [7, 11) is 0. The summed E-state index contributed by atoms with van der Waals surface area (Å²) in [6, 6.07) is 7.88. The summed E-state index contributed by atoms with van der Waals surface area (Å²) in [5.41, 5.74) is 2.16. The standard InChI is InChI=1S/C18H22N2O3/c1-12-6-8-13(9-7-12)10-19-16(21)11-20-17(22)14-4-2-3-5-15(14)18(20)23/h6-9,14-15H,2-5,10-11H2,1H3,(H,19,21)/t14-,15-/m1/s1. The number of nitrogens with one attached hydrogen (secondary N) is 1. The smallest absolute Gasteiger partial charge is 0.240 e. The molecule has 0 bridgehead atoms. The minimum atomic E-state index is -0.286. The van der Waals surface area contributed by atoms with E-state index in [2.05, 4.69) is 5.32 Å². The van der Waals surface area contributed by atoms with E-state index in [0.29, 0.717) is 6.54 Å². The largest absolute Gasteiger partial charge is 0.350 e. The molecule has 1 heterocycles. The highest BCUT2D eigenvalue weighted by molar-refractivity contribution is 6.07. The quantitative estimate of drug-likeness (QED) is 0.862. The second kappa shape index (κ2) is 6.52. The van der Waals surface area contributed by atoms with E-state index < -0.39 is 0 Å². The zero-order valence-electron chi connectivity index (χ0n) is 13.4. The fraction of sp³-hybridized carbons (Fsp3) is 0.500. The molecule has 1 aliphatic heterocycles. The van der Waals surface area contributed by atoms with Gasteiger partial charge in [0.1, 0.15) is 6.54 Å². The van der Waals surface area contributed by atoms with Gasteiger partial charge in [0.05, 0.1) is 11.8 Å². The van der Waals surface area contributed by atoms with Crippen molar-refractivity contribution in [3.05, 3.63) is 35.4 Å². The van der Waals surface area contributed by atoms with Crippen molar-refractivity contribution < 1.29 is 14.4 Å². The van der Waals surface area contributed by atoms with E-state index >= 15 is 0 Å². The predicted molar refractivity (Wildman–Crippen MR) is 85.2 cm³/mol. The molecule has 0 unspecified atom stereocenters. The average Bonchev–Trinajstić information content (AvgIpc) is 2.80. The van der Waals surface area contributed by atoms with Crippen LogP contribution in [0.1, 0.15) is 36.8 Å². The third-order valence-electron chi connectivity index (χ3n) is 4.84. The van der Waals surface area contributed by atoms with E-state index in [1.165, 1.54) is 0 Å². The normalized spacial score (nSPS) is 23.8. The Labute approximate surface area is 136 Å². The molecule has 2 fully saturated rings. The van der Waals surface area contributed by atoms with Crippen molar-refractivity contribution in [2.45, 2.75) is 39.2 Å². The maximum Gasteiger partial charge on any atom is 0.240 e. The van der Waals surface area contributed by atoms with E-state index in [-0.39, 0.29) is 36.1 Å². The maximum atomic E-state index is 12.3. The number of fused-ring (bicyclic) bond motifs is 1. The molecule has 23 heavy (non-hydrogen) atoms. The Kier molecular flexibility index (Phi) is 4.46. The summed E-state index contributed by atoms with van der Waals surface area (Å²) in [5, 5.41) is 2.78. The molecule has 3 rings (SSSR count). The molecule has 1 saturated carbocycles. The first-order valence-electron chi connectivity index (χ1n) is 8.24. The molecule has 0 aromatic heterocycles. The fourth-order valence-corrected chi connectivity index (χ4v) is 3.49. The van der Waals surface area contributed by atoms with Crippen LogP contribution < -0.4 is 5.32 Å². The van der Waals surface area contributed by atoms with Gasteiger partial charge in [-0.05, 0) is 25.3 Å². The van der Waals surface area contributed by atoms with Crippen molar-refractivity contribution in [2.75, 3.05) is 6.54 Å². The zero-order chi connectivity index (χ0) is 16.4. The molecule has 1 aromatic rings. The molecule has 3 amide bonds. The highest BCUT2D eigenvalue weighted by atomic mass is 16.2. The second-order valence-electron chi connectivity index (χ2n) is 6.52. The SMILES string of the molecule is Cc1ccc(CNC(=O)CN2C(=O)[C@@H]3CCCC[C@H]3C2=O)cc1. The summed E-state index contributed by atoms with van der Waals surface area (Å²) >= 11 is 0. The minimum Gasteiger partial charge on any atom is -0.350 e. The van der Waals surface area contributed by atoms with Crippen LogP contribution in [-0.4, -0.2) is 29.2 Å². The molecule has 5 heteroatoms. The first-order chi connectivity index (χ1) is 11.1. The number of nitrogens with zero attached hydrogens (tertiary/aromatic N) is 1. The third kappa shape index (κ3) is 3.28. The lowest BCUT2D eigenvalue weighted by Crippen LogP contribution is -2.40. The molecule has 2 aliphatic rings. The fourth-order valence-electron chi connectivity index (χ4n) is 3.49. The van der Waals surface area contributed by atoms with E-state index in [1.807, 2.05) is 31.2 Å². The Morgan fingerprint density at radius 3 is 2.22 bits per heavy atom. The first kappa shape index (κ1) is 15.7. The Morgan fingerprint density at radius 2 is 1.65 bits per heavy atom. The van der Waals surface area contributed by atoms with Crippen molar-refractivity contribution in [1.82, 2.24) is 10.2 Å². The number of benzene rings is 1. The molecule has 1 aliphatic carbocycles. The molecular weight excluding hydrogens is 292 g/mol. The number of hydrogen-bond donors (Lipinski definition) is 1. The van der Waals surface area contributed by atoms with Gasteiger partial charge in [-0.15, -0.1) is 0 Å². The van der Waals surface area contributed by atoms with Gasteiger partial charge in [0, 0.05) is 6.54 Å². The minimum absolute atomic E-state index is 0.156. The summed E-state index contributed by atoms with van der Waals surface area (Å²) in [6.07, 6.45) is 3.54. The van der Waals surface area contributed by atoms with Gasteiger partial charge in [-0.3, -0.25) is 19.3 Å². The van der Waals surface area contributed by atoms with Crippen LogP contribution in [0.4, 0.5) is 0 Å². The Hall–Kier alpha value is -2.17. The highest BCUT2D eigenvalue weighted by Gasteiger charge is 2.48. The lowest BCUT2D eigenvalue weighted by atomic mass is 9.81. The molecule has 0 spiro atoms. The molecule has 2 atom stereocenters. The van der Waals surface area contributed by atoms with E-state index in [1.54, 1.807) is 0 Å². The summed E-state index contributed by atoms with van der Waals surface area (Å²) < 4.78 is 0. The maximum absolute atomic E-state index is 12.3. The molecule has 1 saturated heterocycles. The van der Waals surface area contributed by atoms with Crippen LogP contribution >= 0.6 is 0 Å². The van der Waals surface area contributed by atoms with E-state index in [9.17, 15) is 14.4 Å². The molecule has 1 N–H and O–H groups in total. The summed E-state index contributed by atoms with van der Waals surface area (Å²) in [4.78, 5) is 37.9. The topological polar surface area (TPSA) is 66.5 Å². The summed E-state index contributed by atoms with van der Waals surface area (Å²) in [5.74, 6) is -0.997. The van der Waals surface area contributed by atoms with Crippen molar-refractivity contribution >= 4 is 17.7 Å². The Bertz CT molecular complexity index is 600. The van der Waals surface area contributed by atoms with Gasteiger partial charge in [-0.2, -0.15) is 0 Å². The second-order valence-corrected chi connectivity index (χ2v) is 6.52. The molecule has 1 aromatic carbocycles. The number of likely N-dealkylation sites (tertiary alicyclic amines) is 1. The van der Waals surface area contributed by atoms with Gasteiger partial charge < -0.3 is 5.32 Å². The van der Waals surface area contributed by atoms with Crippen LogP contribution in [0.2, 0.25) is 0 Å². The zero-order valence-corrected chi connectivity index (χ0v) is 13.4. The van der Waals surface area contributed by atoms with Gasteiger partial charge in [-0.1, -0.05) is 42.7 Å². The number of rotatable bonds is 4. The number of imide groups is 1. The molecule has 0 radical (unpaired) electrons. The summed E-state index contributed by atoms with van der Waals surface area (Å²) in [6.45, 7) is 2.26. The van der Waals surface area contributed by atoms with Crippen molar-refractivity contribution in [3.8, 4) is 0 Å².